The van der Waals surface area contributed by atoms with E-state index in [9.17, 15) is 0 Å². The number of hydrogen-bond acceptors (Lipinski definition) is 0. The van der Waals surface area contributed by atoms with Gasteiger partial charge in [-0.15, -0.1) is 22.0 Å². The molecule has 0 N–H and O–H groups in total. The van der Waals surface area contributed by atoms with Crippen molar-refractivity contribution in [3.63, 3.8) is 0 Å². The molecule has 0 nitrogen and oxygen atoms in total. The van der Waals surface area contributed by atoms with Crippen LogP contribution in [0.3, 0.4) is 0 Å². The second-order valence-corrected chi connectivity index (χ2v) is 3.75. The zero-order valence-electron chi connectivity index (χ0n) is 6.42. The minimum Gasteiger partial charge on any atom is -0.171 e. The van der Waals surface area contributed by atoms with Gasteiger partial charge in [0.1, 0.15) is 0 Å². The SMILES string of the molecule is Br.[CH3][Mg][c]1ccccc1C. The van der Waals surface area contributed by atoms with Crippen LogP contribution in [0.2, 0.25) is 5.05 Å². The standard InChI is InChI=1S/C7H7.CH3.BrH.Mg/c1-7-5-3-2-4-6-7;;;/h2-5H,1H3;1H3;1H;. The molecule has 1 aromatic rings. The summed E-state index contributed by atoms with van der Waals surface area (Å²) in [6.45, 7) is 2.19. The zero-order valence-corrected chi connectivity index (χ0v) is 9.55. The number of halogens is 1. The lowest BCUT2D eigenvalue weighted by Crippen LogP contribution is -2.12. The predicted molar refractivity (Wildman–Crippen MR) is 52.8 cm³/mol. The molecule has 1 aromatic carbocycles. The maximum atomic E-state index is 2.32. The van der Waals surface area contributed by atoms with Gasteiger partial charge >= 0.3 is 20.4 Å². The number of rotatable bonds is 1. The molecule has 0 saturated carbocycles. The summed E-state index contributed by atoms with van der Waals surface area (Å²) in [5, 5.41) is 2.32. The van der Waals surface area contributed by atoms with Gasteiger partial charge in [0.25, 0.3) is 0 Å². The molecule has 0 aliphatic rings. The van der Waals surface area contributed by atoms with Crippen LogP contribution in [0.25, 0.3) is 0 Å². The van der Waals surface area contributed by atoms with E-state index >= 15 is 0 Å². The quantitative estimate of drug-likeness (QED) is 0.623. The molecule has 2 heteroatoms. The maximum Gasteiger partial charge on any atom is 0.405 e. The summed E-state index contributed by atoms with van der Waals surface area (Å²) in [6.07, 6.45) is 0. The lowest BCUT2D eigenvalue weighted by Gasteiger charge is -1.98. The third-order valence-electron chi connectivity index (χ3n) is 1.64. The molecule has 0 aliphatic carbocycles. The van der Waals surface area contributed by atoms with E-state index in [0.717, 1.165) is 0 Å². The highest BCUT2D eigenvalue weighted by atomic mass is 79.9. The fraction of sp³-hybridized carbons (Fsp3) is 0.250. The first kappa shape index (κ1) is 10.5. The van der Waals surface area contributed by atoms with Gasteiger partial charge in [-0.05, 0) is 6.92 Å². The summed E-state index contributed by atoms with van der Waals surface area (Å²) in [7, 11) is 0. The summed E-state index contributed by atoms with van der Waals surface area (Å²) in [5.74, 6) is 0. The van der Waals surface area contributed by atoms with Crippen LogP contribution < -0.4 is 3.69 Å². The molecule has 0 unspecified atom stereocenters. The van der Waals surface area contributed by atoms with Crippen LogP contribution in [-0.2, 0) is 0 Å². The van der Waals surface area contributed by atoms with E-state index in [0.29, 0.717) is 0 Å². The first-order chi connectivity index (χ1) is 4.34. The molecular weight excluding hydrogens is 200 g/mol. The highest BCUT2D eigenvalue weighted by Crippen LogP contribution is 1.90. The average Bonchev–Trinajstić information content (AvgIpc) is 1.89. The molecule has 10 heavy (non-hydrogen) atoms. The van der Waals surface area contributed by atoms with Crippen LogP contribution in [-0.4, -0.2) is 20.4 Å². The topological polar surface area (TPSA) is 0 Å². The van der Waals surface area contributed by atoms with Gasteiger partial charge < -0.3 is 0 Å². The van der Waals surface area contributed by atoms with E-state index in [2.05, 4.69) is 36.2 Å². The Morgan fingerprint density at radius 1 is 1.20 bits per heavy atom. The van der Waals surface area contributed by atoms with Crippen molar-refractivity contribution in [1.29, 1.82) is 0 Å². The second-order valence-electron chi connectivity index (χ2n) is 2.28. The van der Waals surface area contributed by atoms with E-state index in [4.69, 9.17) is 0 Å². The van der Waals surface area contributed by atoms with Crippen molar-refractivity contribution in [2.75, 3.05) is 0 Å². The van der Waals surface area contributed by atoms with E-state index in [-0.39, 0.29) is 37.3 Å². The van der Waals surface area contributed by atoms with E-state index in [1.165, 1.54) is 5.56 Å². The van der Waals surface area contributed by atoms with E-state index in [1.54, 1.807) is 3.69 Å². The Balaban J connectivity index is 0.000000810. The van der Waals surface area contributed by atoms with Crippen molar-refractivity contribution < 1.29 is 0 Å². The van der Waals surface area contributed by atoms with Gasteiger partial charge in [-0.3, -0.25) is 0 Å². The van der Waals surface area contributed by atoms with Crippen molar-refractivity contribution >= 4 is 41.0 Å². The highest BCUT2D eigenvalue weighted by Gasteiger charge is 1.92. The van der Waals surface area contributed by atoms with Crippen molar-refractivity contribution in [2.45, 2.75) is 12.0 Å². The minimum atomic E-state index is 0. The van der Waals surface area contributed by atoms with Crippen molar-refractivity contribution in [3.05, 3.63) is 29.8 Å². The summed E-state index contributed by atoms with van der Waals surface area (Å²) in [5.41, 5.74) is 1.46. The smallest absolute Gasteiger partial charge is 0.171 e. The molecular formula is C8H11BrMg. The van der Waals surface area contributed by atoms with Crippen LogP contribution in [0.4, 0.5) is 0 Å². The largest absolute Gasteiger partial charge is 0.405 e. The fourth-order valence-corrected chi connectivity index (χ4v) is 2.05. The van der Waals surface area contributed by atoms with E-state index in [1.807, 2.05) is 0 Å². The Kier molecular flexibility index (Phi) is 5.40. The van der Waals surface area contributed by atoms with Gasteiger partial charge in [0.15, 0.2) is 0 Å². The normalized spacial score (nSPS) is 7.80. The Labute approximate surface area is 82.5 Å². The van der Waals surface area contributed by atoms with Gasteiger partial charge in [0, 0.05) is 0 Å². The molecule has 0 bridgehead atoms. The average molecular weight is 211 g/mol. The number of benzene rings is 1. The van der Waals surface area contributed by atoms with E-state index < -0.39 is 0 Å². The lowest BCUT2D eigenvalue weighted by molar-refractivity contribution is 1.51. The summed E-state index contributed by atoms with van der Waals surface area (Å²) in [4.78, 5) is 0. The van der Waals surface area contributed by atoms with Gasteiger partial charge in [0.2, 0.25) is 0 Å². The predicted octanol–water partition coefficient (Wildman–Crippen LogP) is 1.95. The molecule has 0 atom stereocenters. The van der Waals surface area contributed by atoms with Crippen LogP contribution in [0.1, 0.15) is 5.56 Å². The minimum absolute atomic E-state index is 0. The lowest BCUT2D eigenvalue weighted by atomic mass is 10.2. The maximum absolute atomic E-state index is 2.32. The number of hydrogen-bond donors (Lipinski definition) is 0. The first-order valence-electron chi connectivity index (χ1n) is 3.39. The highest BCUT2D eigenvalue weighted by molar-refractivity contribution is 8.93. The Hall–Kier alpha value is 0.466. The third-order valence-corrected chi connectivity index (χ3v) is 3.20. The fourth-order valence-electron chi connectivity index (χ4n) is 1.01. The molecule has 0 aliphatic heterocycles. The molecule has 0 aromatic heterocycles. The molecule has 0 fully saturated rings. The molecule has 0 spiro atoms. The number of aryl methyl sites for hydroxylation is 1. The van der Waals surface area contributed by atoms with Gasteiger partial charge in [-0.2, -0.15) is 3.69 Å². The molecule has 52 valence electrons. The molecule has 1 rings (SSSR count). The molecule has 0 radical (unpaired) electrons. The first-order valence-corrected chi connectivity index (χ1v) is 5.51. The second kappa shape index (κ2) is 5.16. The monoisotopic (exact) mass is 210 g/mol. The molecule has 0 heterocycles. The van der Waals surface area contributed by atoms with Gasteiger partial charge in [-0.1, -0.05) is 29.8 Å². The van der Waals surface area contributed by atoms with Gasteiger partial charge in [0.05, 0.1) is 0 Å². The third kappa shape index (κ3) is 2.60. The van der Waals surface area contributed by atoms with Crippen LogP contribution in [0, 0.1) is 6.92 Å². The summed E-state index contributed by atoms with van der Waals surface area (Å²) in [6, 6.07) is 8.65. The Morgan fingerprint density at radius 3 is 2.20 bits per heavy atom. The molecule has 0 saturated heterocycles. The van der Waals surface area contributed by atoms with Crippen molar-refractivity contribution in [3.8, 4) is 0 Å². The summed E-state index contributed by atoms with van der Waals surface area (Å²) >= 11 is 0.0623. The van der Waals surface area contributed by atoms with Crippen molar-refractivity contribution in [2.24, 2.45) is 0 Å². The Morgan fingerprint density at radius 2 is 1.80 bits per heavy atom. The van der Waals surface area contributed by atoms with Gasteiger partial charge in [-0.25, -0.2) is 0 Å². The zero-order chi connectivity index (χ0) is 6.69. The van der Waals surface area contributed by atoms with Crippen molar-refractivity contribution in [1.82, 2.24) is 0 Å². The van der Waals surface area contributed by atoms with Crippen LogP contribution >= 0.6 is 17.0 Å². The van der Waals surface area contributed by atoms with Crippen LogP contribution in [0.5, 0.6) is 0 Å². The van der Waals surface area contributed by atoms with Crippen LogP contribution in [0.15, 0.2) is 24.3 Å². The molecule has 0 amide bonds. The Bertz CT molecular complexity index is 198. The summed E-state index contributed by atoms with van der Waals surface area (Å²) < 4.78 is 1.59.